The lowest BCUT2D eigenvalue weighted by Crippen LogP contribution is -2.60. The minimum atomic E-state index is -0.211. The summed E-state index contributed by atoms with van der Waals surface area (Å²) in [4.78, 5) is 4.79. The number of nitrogens with zero attached hydrogens (tertiary/aromatic N) is 2. The van der Waals surface area contributed by atoms with E-state index in [-0.39, 0.29) is 5.82 Å². The predicted octanol–water partition coefficient (Wildman–Crippen LogP) is 4.50. The Morgan fingerprint density at radius 1 is 1.09 bits per heavy atom. The minimum absolute atomic E-state index is 0.211. The second kappa shape index (κ2) is 11.2. The van der Waals surface area contributed by atoms with E-state index in [0.29, 0.717) is 36.9 Å². The van der Waals surface area contributed by atoms with Crippen molar-refractivity contribution in [1.82, 2.24) is 15.1 Å². The Kier molecular flexibility index (Phi) is 8.11. The molecule has 2 aliphatic rings. The molecule has 0 amide bonds. The van der Waals surface area contributed by atoms with Crippen molar-refractivity contribution in [2.24, 2.45) is 17.8 Å². The maximum Gasteiger partial charge on any atom is 0.123 e. The first-order valence-corrected chi connectivity index (χ1v) is 12.3. The molecule has 1 N–H and O–H groups in total. The highest BCUT2D eigenvalue weighted by Crippen LogP contribution is 2.33. The topological polar surface area (TPSA) is 37.0 Å². The van der Waals surface area contributed by atoms with E-state index in [9.17, 15) is 4.39 Å². The van der Waals surface area contributed by atoms with E-state index in [1.54, 1.807) is 0 Å². The molecular formula is C28H38FN3O2. The molecule has 34 heavy (non-hydrogen) atoms. The van der Waals surface area contributed by atoms with Gasteiger partial charge in [-0.1, -0.05) is 44.7 Å². The molecule has 2 aliphatic heterocycles. The van der Waals surface area contributed by atoms with E-state index in [4.69, 9.17) is 9.47 Å². The molecule has 0 aliphatic carbocycles. The maximum absolute atomic E-state index is 13.5. The Bertz CT molecular complexity index is 918. The Morgan fingerprint density at radius 2 is 1.71 bits per heavy atom. The van der Waals surface area contributed by atoms with Crippen molar-refractivity contribution >= 4 is 0 Å². The van der Waals surface area contributed by atoms with Gasteiger partial charge in [0.25, 0.3) is 0 Å². The van der Waals surface area contributed by atoms with Crippen LogP contribution in [0.5, 0.6) is 5.75 Å². The third kappa shape index (κ3) is 6.30. The highest BCUT2D eigenvalue weighted by atomic mass is 19.1. The summed E-state index contributed by atoms with van der Waals surface area (Å²) in [5.74, 6) is 2.91. The average molecular weight is 468 g/mol. The van der Waals surface area contributed by atoms with Crippen molar-refractivity contribution in [1.29, 1.82) is 0 Å². The molecule has 0 spiro atoms. The Labute approximate surface area is 203 Å². The zero-order valence-corrected chi connectivity index (χ0v) is 20.7. The van der Waals surface area contributed by atoms with Crippen molar-refractivity contribution in [3.8, 4) is 5.75 Å². The first kappa shape index (κ1) is 24.6. The highest BCUT2D eigenvalue weighted by Gasteiger charge is 2.42. The van der Waals surface area contributed by atoms with Crippen LogP contribution < -0.4 is 10.1 Å². The smallest absolute Gasteiger partial charge is 0.123 e. The lowest BCUT2D eigenvalue weighted by atomic mass is 9.81. The number of piperidine rings is 1. The standard InChI is InChI=1S/C28H38FN3O2/c1-20(2)17-34-27-11-7-22(8-12-27)13-30-21(3)32(14-23-5-9-26(29)10-6-23)28-24-15-31(4)16-25(28)19-33-18-24/h5-12,20,24-25,28,30H,3,13-19H2,1-2,4H3/t24-,25+,28+. The van der Waals surface area contributed by atoms with Crippen LogP contribution >= 0.6 is 0 Å². The van der Waals surface area contributed by atoms with Crippen molar-refractivity contribution in [3.05, 3.63) is 77.9 Å². The number of hydrogen-bond donors (Lipinski definition) is 1. The third-order valence-corrected chi connectivity index (χ3v) is 6.70. The molecule has 184 valence electrons. The summed E-state index contributed by atoms with van der Waals surface area (Å²) in [6.45, 7) is 14.3. The quantitative estimate of drug-likeness (QED) is 0.557. The molecule has 2 fully saturated rings. The van der Waals surface area contributed by atoms with Gasteiger partial charge < -0.3 is 24.6 Å². The molecule has 3 atom stereocenters. The molecule has 6 heteroatoms. The van der Waals surface area contributed by atoms with Crippen molar-refractivity contribution in [2.45, 2.75) is 33.0 Å². The van der Waals surface area contributed by atoms with Gasteiger partial charge in [0.2, 0.25) is 0 Å². The molecule has 2 saturated heterocycles. The van der Waals surface area contributed by atoms with Crippen LogP contribution in [0, 0.1) is 23.6 Å². The van der Waals surface area contributed by atoms with Crippen LogP contribution in [-0.4, -0.2) is 55.8 Å². The van der Waals surface area contributed by atoms with Crippen molar-refractivity contribution in [2.75, 3.05) is 40.0 Å². The lowest BCUT2D eigenvalue weighted by Gasteiger charge is -2.51. The number of rotatable bonds is 10. The number of halogens is 1. The SMILES string of the molecule is C=C(NCc1ccc(OCC(C)C)cc1)N(Cc1ccc(F)cc1)[C@@H]1[C@@H]2COC[C@H]1CN(C)C2. The first-order valence-electron chi connectivity index (χ1n) is 12.3. The molecule has 0 unspecified atom stereocenters. The Balaban J connectivity index is 1.46. The van der Waals surface area contributed by atoms with Crippen LogP contribution in [0.1, 0.15) is 25.0 Å². The Hall–Kier alpha value is -2.57. The Morgan fingerprint density at radius 3 is 2.32 bits per heavy atom. The molecule has 0 radical (unpaired) electrons. The van der Waals surface area contributed by atoms with Gasteiger partial charge in [0, 0.05) is 44.1 Å². The molecule has 2 aromatic carbocycles. The molecule has 0 aromatic heterocycles. The minimum Gasteiger partial charge on any atom is -0.493 e. The van der Waals surface area contributed by atoms with Crippen molar-refractivity contribution < 1.29 is 13.9 Å². The lowest BCUT2D eigenvalue weighted by molar-refractivity contribution is -0.0921. The summed E-state index contributed by atoms with van der Waals surface area (Å²) < 4.78 is 25.2. The van der Waals surface area contributed by atoms with E-state index in [1.165, 1.54) is 17.7 Å². The fourth-order valence-electron chi connectivity index (χ4n) is 5.10. The molecule has 2 bridgehead atoms. The second-order valence-corrected chi connectivity index (χ2v) is 10.2. The summed E-state index contributed by atoms with van der Waals surface area (Å²) in [5, 5.41) is 3.56. The van der Waals surface area contributed by atoms with Crippen molar-refractivity contribution in [3.63, 3.8) is 0 Å². The summed E-state index contributed by atoms with van der Waals surface area (Å²) in [6, 6.07) is 15.4. The fourth-order valence-corrected chi connectivity index (χ4v) is 5.10. The number of fused-ring (bicyclic) bond motifs is 2. The second-order valence-electron chi connectivity index (χ2n) is 10.2. The van der Waals surface area contributed by atoms with Gasteiger partial charge in [-0.05, 0) is 48.4 Å². The van der Waals surface area contributed by atoms with Gasteiger partial charge in [0.1, 0.15) is 11.6 Å². The van der Waals surface area contributed by atoms with Gasteiger partial charge in [0.15, 0.2) is 0 Å². The number of hydrogen-bond acceptors (Lipinski definition) is 5. The van der Waals surface area contributed by atoms with Gasteiger partial charge in [-0.25, -0.2) is 4.39 Å². The summed E-state index contributed by atoms with van der Waals surface area (Å²) in [7, 11) is 2.19. The summed E-state index contributed by atoms with van der Waals surface area (Å²) >= 11 is 0. The van der Waals surface area contributed by atoms with E-state index in [2.05, 4.69) is 54.7 Å². The van der Waals surface area contributed by atoms with Gasteiger partial charge >= 0.3 is 0 Å². The van der Waals surface area contributed by atoms with Gasteiger partial charge in [-0.2, -0.15) is 0 Å². The monoisotopic (exact) mass is 467 g/mol. The van der Waals surface area contributed by atoms with E-state index in [0.717, 1.165) is 50.0 Å². The van der Waals surface area contributed by atoms with Crippen LogP contribution in [0.2, 0.25) is 0 Å². The molecule has 4 rings (SSSR count). The number of ether oxygens (including phenoxy) is 2. The molecule has 5 nitrogen and oxygen atoms in total. The first-order chi connectivity index (χ1) is 16.4. The van der Waals surface area contributed by atoms with Gasteiger partial charge in [0.05, 0.1) is 25.6 Å². The van der Waals surface area contributed by atoms with E-state index in [1.807, 2.05) is 24.3 Å². The van der Waals surface area contributed by atoms with Crippen LogP contribution in [0.25, 0.3) is 0 Å². The van der Waals surface area contributed by atoms with Gasteiger partial charge in [-0.3, -0.25) is 0 Å². The van der Waals surface area contributed by atoms with E-state index < -0.39 is 0 Å². The zero-order chi connectivity index (χ0) is 24.1. The van der Waals surface area contributed by atoms with Crippen LogP contribution in [-0.2, 0) is 17.8 Å². The maximum atomic E-state index is 13.5. The molecular weight excluding hydrogens is 429 g/mol. The number of likely N-dealkylation sites (tertiary alicyclic amines) is 1. The average Bonchev–Trinajstić information content (AvgIpc) is 2.81. The molecule has 2 aromatic rings. The third-order valence-electron chi connectivity index (χ3n) is 6.70. The van der Waals surface area contributed by atoms with E-state index >= 15 is 0 Å². The zero-order valence-electron chi connectivity index (χ0n) is 20.7. The summed E-state index contributed by atoms with van der Waals surface area (Å²) in [6.07, 6.45) is 0. The molecule has 0 saturated carbocycles. The predicted molar refractivity (Wildman–Crippen MR) is 134 cm³/mol. The van der Waals surface area contributed by atoms with Crippen LogP contribution in [0.15, 0.2) is 60.9 Å². The number of nitrogens with one attached hydrogen (secondary N) is 1. The fraction of sp³-hybridized carbons (Fsp3) is 0.500. The normalized spacial score (nSPS) is 22.4. The van der Waals surface area contributed by atoms with Crippen LogP contribution in [0.4, 0.5) is 4.39 Å². The summed E-state index contributed by atoms with van der Waals surface area (Å²) in [5.41, 5.74) is 2.25. The highest BCUT2D eigenvalue weighted by molar-refractivity contribution is 5.27. The largest absolute Gasteiger partial charge is 0.493 e. The van der Waals surface area contributed by atoms with Gasteiger partial charge in [-0.15, -0.1) is 0 Å². The molecule has 2 heterocycles. The number of benzene rings is 2. The van der Waals surface area contributed by atoms with Crippen LogP contribution in [0.3, 0.4) is 0 Å².